The van der Waals surface area contributed by atoms with Crippen molar-refractivity contribution in [3.05, 3.63) is 0 Å². The molecule has 0 aliphatic carbocycles. The summed E-state index contributed by atoms with van der Waals surface area (Å²) in [5.41, 5.74) is 5.77. The lowest BCUT2D eigenvalue weighted by atomic mass is 10.0. The van der Waals surface area contributed by atoms with Gasteiger partial charge in [0, 0.05) is 27.1 Å². The molecule has 0 bridgehead atoms. The summed E-state index contributed by atoms with van der Waals surface area (Å²) in [6.07, 6.45) is 0.982. The maximum Gasteiger partial charge on any atom is 0.239 e. The van der Waals surface area contributed by atoms with E-state index in [1.807, 2.05) is 13.8 Å². The first-order chi connectivity index (χ1) is 7.38. The van der Waals surface area contributed by atoms with Crippen LogP contribution < -0.4 is 11.1 Å². The largest absolute Gasteiger partial charge is 0.359 e. The molecule has 1 atom stereocenters. The number of rotatable bonds is 6. The predicted octanol–water partition coefficient (Wildman–Crippen LogP) is -0.0457. The van der Waals surface area contributed by atoms with Crippen molar-refractivity contribution in [3.8, 4) is 0 Å². The number of nitrogens with zero attached hydrogens (tertiary/aromatic N) is 1. The van der Waals surface area contributed by atoms with Crippen molar-refractivity contribution >= 4 is 11.8 Å². The maximum atomic E-state index is 11.7. The number of carbonyl (C=O) groups is 2. The van der Waals surface area contributed by atoms with Crippen LogP contribution in [0.5, 0.6) is 0 Å². The van der Waals surface area contributed by atoms with Crippen molar-refractivity contribution in [2.24, 2.45) is 11.7 Å². The molecule has 0 rings (SSSR count). The second-order valence-electron chi connectivity index (χ2n) is 4.42. The van der Waals surface area contributed by atoms with Crippen LogP contribution in [0.4, 0.5) is 0 Å². The molecule has 0 radical (unpaired) electrons. The zero-order chi connectivity index (χ0) is 12.7. The van der Waals surface area contributed by atoms with Crippen LogP contribution >= 0.6 is 0 Å². The summed E-state index contributed by atoms with van der Waals surface area (Å²) < 4.78 is 0. The minimum atomic E-state index is -0.463. The van der Waals surface area contributed by atoms with Crippen LogP contribution in [0.3, 0.4) is 0 Å². The normalized spacial score (nSPS) is 12.4. The summed E-state index contributed by atoms with van der Waals surface area (Å²) >= 11 is 0. The molecule has 0 aromatic carbocycles. The Morgan fingerprint density at radius 3 is 2.38 bits per heavy atom. The highest BCUT2D eigenvalue weighted by Crippen LogP contribution is 2.05. The third-order valence-corrected chi connectivity index (χ3v) is 2.37. The lowest BCUT2D eigenvalue weighted by Gasteiger charge is -2.21. The summed E-state index contributed by atoms with van der Waals surface area (Å²) in [7, 11) is 3.25. The topological polar surface area (TPSA) is 75.4 Å². The summed E-state index contributed by atoms with van der Waals surface area (Å²) in [6.45, 7) is 4.46. The van der Waals surface area contributed by atoms with Crippen molar-refractivity contribution in [3.63, 3.8) is 0 Å². The molecule has 94 valence electrons. The molecule has 5 heteroatoms. The molecule has 0 aromatic rings. The Labute approximate surface area is 97.4 Å². The standard InChI is InChI=1S/C11H23N3O2/c1-8(2)7-9(12)11(16)14(4)6-5-10(15)13-3/h8-9H,5-7,12H2,1-4H3,(H,13,15). The fraction of sp³-hybridized carbons (Fsp3) is 0.818. The Kier molecular flexibility index (Phi) is 6.72. The molecule has 0 saturated carbocycles. The van der Waals surface area contributed by atoms with Crippen molar-refractivity contribution in [1.29, 1.82) is 0 Å². The Morgan fingerprint density at radius 2 is 1.94 bits per heavy atom. The average molecular weight is 229 g/mol. The molecule has 5 nitrogen and oxygen atoms in total. The van der Waals surface area contributed by atoms with E-state index >= 15 is 0 Å². The van der Waals surface area contributed by atoms with Crippen LogP contribution in [0, 0.1) is 5.92 Å². The number of nitrogens with two attached hydrogens (primary N) is 1. The molecule has 16 heavy (non-hydrogen) atoms. The van der Waals surface area contributed by atoms with Crippen LogP contribution in [0.2, 0.25) is 0 Å². The summed E-state index contributed by atoms with van der Waals surface area (Å²) in [5.74, 6) is 0.223. The molecule has 3 N–H and O–H groups in total. The van der Waals surface area contributed by atoms with E-state index < -0.39 is 6.04 Å². The molecule has 0 aliphatic heterocycles. The minimum absolute atomic E-state index is 0.0721. The second kappa shape index (κ2) is 7.22. The van der Waals surface area contributed by atoms with Gasteiger partial charge in [0.25, 0.3) is 0 Å². The van der Waals surface area contributed by atoms with Gasteiger partial charge in [-0.15, -0.1) is 0 Å². The number of nitrogens with one attached hydrogen (secondary N) is 1. The van der Waals surface area contributed by atoms with Gasteiger partial charge in [0.05, 0.1) is 6.04 Å². The van der Waals surface area contributed by atoms with Gasteiger partial charge in [-0.3, -0.25) is 9.59 Å². The van der Waals surface area contributed by atoms with Gasteiger partial charge in [-0.2, -0.15) is 0 Å². The first kappa shape index (κ1) is 14.9. The summed E-state index contributed by atoms with van der Waals surface area (Å²) in [4.78, 5) is 24.3. The first-order valence-corrected chi connectivity index (χ1v) is 5.59. The number of amides is 2. The highest BCUT2D eigenvalue weighted by molar-refractivity contribution is 5.82. The average Bonchev–Trinajstić information content (AvgIpc) is 2.23. The number of carbonyl (C=O) groups excluding carboxylic acids is 2. The van der Waals surface area contributed by atoms with Gasteiger partial charge in [-0.1, -0.05) is 13.8 Å². The quantitative estimate of drug-likeness (QED) is 0.671. The molecule has 0 fully saturated rings. The maximum absolute atomic E-state index is 11.7. The monoisotopic (exact) mass is 229 g/mol. The van der Waals surface area contributed by atoms with E-state index in [0.29, 0.717) is 25.3 Å². The summed E-state index contributed by atoms with van der Waals surface area (Å²) in [5, 5.41) is 2.51. The van der Waals surface area contributed by atoms with E-state index in [-0.39, 0.29) is 11.8 Å². The van der Waals surface area contributed by atoms with Crippen LogP contribution in [0.1, 0.15) is 26.7 Å². The van der Waals surface area contributed by atoms with Crippen molar-refractivity contribution in [1.82, 2.24) is 10.2 Å². The number of likely N-dealkylation sites (N-methyl/N-ethyl adjacent to an activating group) is 1. The van der Waals surface area contributed by atoms with E-state index in [2.05, 4.69) is 5.32 Å². The highest BCUT2D eigenvalue weighted by atomic mass is 16.2. The molecular formula is C11H23N3O2. The van der Waals surface area contributed by atoms with Crippen molar-refractivity contribution in [2.75, 3.05) is 20.6 Å². The molecule has 0 spiro atoms. The molecule has 2 amide bonds. The number of hydrogen-bond acceptors (Lipinski definition) is 3. The van der Waals surface area contributed by atoms with E-state index in [9.17, 15) is 9.59 Å². The summed E-state index contributed by atoms with van der Waals surface area (Å²) in [6, 6.07) is -0.463. The van der Waals surface area contributed by atoms with Gasteiger partial charge in [0.2, 0.25) is 11.8 Å². The fourth-order valence-electron chi connectivity index (χ4n) is 1.40. The SMILES string of the molecule is CNC(=O)CCN(C)C(=O)C(N)CC(C)C. The Morgan fingerprint density at radius 1 is 1.38 bits per heavy atom. The third-order valence-electron chi connectivity index (χ3n) is 2.37. The fourth-order valence-corrected chi connectivity index (χ4v) is 1.40. The molecule has 0 heterocycles. The lowest BCUT2D eigenvalue weighted by molar-refractivity contribution is -0.132. The Balaban J connectivity index is 4.02. The zero-order valence-corrected chi connectivity index (χ0v) is 10.6. The van der Waals surface area contributed by atoms with Crippen LogP contribution in [-0.4, -0.2) is 43.4 Å². The van der Waals surface area contributed by atoms with Gasteiger partial charge in [0.1, 0.15) is 0 Å². The molecule has 1 unspecified atom stereocenters. The van der Waals surface area contributed by atoms with Gasteiger partial charge < -0.3 is 16.0 Å². The molecule has 0 saturated heterocycles. The van der Waals surface area contributed by atoms with E-state index in [4.69, 9.17) is 5.73 Å². The van der Waals surface area contributed by atoms with Crippen molar-refractivity contribution < 1.29 is 9.59 Å². The van der Waals surface area contributed by atoms with E-state index in [1.165, 1.54) is 4.90 Å². The second-order valence-corrected chi connectivity index (χ2v) is 4.42. The highest BCUT2D eigenvalue weighted by Gasteiger charge is 2.19. The molecule has 0 aliphatic rings. The van der Waals surface area contributed by atoms with Gasteiger partial charge in [0.15, 0.2) is 0 Å². The molecule has 0 aromatic heterocycles. The van der Waals surface area contributed by atoms with Gasteiger partial charge >= 0.3 is 0 Å². The molecular weight excluding hydrogens is 206 g/mol. The van der Waals surface area contributed by atoms with Crippen LogP contribution in [0.15, 0.2) is 0 Å². The number of hydrogen-bond donors (Lipinski definition) is 2. The lowest BCUT2D eigenvalue weighted by Crippen LogP contribution is -2.43. The predicted molar refractivity (Wildman–Crippen MR) is 63.8 cm³/mol. The van der Waals surface area contributed by atoms with E-state index in [1.54, 1.807) is 14.1 Å². The Bertz CT molecular complexity index is 241. The van der Waals surface area contributed by atoms with Gasteiger partial charge in [-0.25, -0.2) is 0 Å². The Hall–Kier alpha value is -1.10. The van der Waals surface area contributed by atoms with Crippen LogP contribution in [0.25, 0.3) is 0 Å². The smallest absolute Gasteiger partial charge is 0.239 e. The van der Waals surface area contributed by atoms with E-state index in [0.717, 1.165) is 0 Å². The van der Waals surface area contributed by atoms with Gasteiger partial charge in [-0.05, 0) is 12.3 Å². The minimum Gasteiger partial charge on any atom is -0.359 e. The zero-order valence-electron chi connectivity index (χ0n) is 10.6. The third kappa shape index (κ3) is 5.70. The first-order valence-electron chi connectivity index (χ1n) is 5.59. The van der Waals surface area contributed by atoms with Crippen molar-refractivity contribution in [2.45, 2.75) is 32.7 Å². The van der Waals surface area contributed by atoms with Crippen LogP contribution in [-0.2, 0) is 9.59 Å².